The molecule has 1 aromatic heterocycles. The number of hydrogen-bond donors (Lipinski definition) is 2. The molecule has 2 amide bonds. The molecule has 1 atom stereocenters. The van der Waals surface area contributed by atoms with Gasteiger partial charge in [0.05, 0.1) is 24.5 Å². The fraction of sp³-hybridized carbons (Fsp3) is 0.375. The summed E-state index contributed by atoms with van der Waals surface area (Å²) in [6.45, 7) is 0.0558. The number of amides is 2. The predicted molar refractivity (Wildman–Crippen MR) is 58.7 cm³/mol. The van der Waals surface area contributed by atoms with Crippen LogP contribution in [0.5, 0.6) is 0 Å². The zero-order valence-electron chi connectivity index (χ0n) is 9.70. The summed E-state index contributed by atoms with van der Waals surface area (Å²) in [6.07, 6.45) is -0.207. The summed E-state index contributed by atoms with van der Waals surface area (Å²) in [4.78, 5) is 27.9. The van der Waals surface area contributed by atoms with Gasteiger partial charge in [0, 0.05) is 0 Å². The molecule has 1 saturated heterocycles. The van der Waals surface area contributed by atoms with Crippen LogP contribution < -0.4 is 0 Å². The van der Waals surface area contributed by atoms with Crippen LogP contribution in [0.4, 0.5) is 9.59 Å². The molecule has 1 aromatic rings. The Hall–Kier alpha value is -2.18. The van der Waals surface area contributed by atoms with Gasteiger partial charge >= 0.3 is 22.5 Å². The third-order valence-electron chi connectivity index (χ3n) is 3.07. The molecule has 11 nitrogen and oxygen atoms in total. The first-order valence-electron chi connectivity index (χ1n) is 5.32. The number of carbonyl (C=O) groups excluding carboxylic acids is 1. The molecular weight excluding hydrogens is 296 g/mol. The van der Waals surface area contributed by atoms with Gasteiger partial charge in [-0.25, -0.2) is 19.1 Å². The molecule has 0 aliphatic carbocycles. The third kappa shape index (κ3) is 1.81. The first-order chi connectivity index (χ1) is 9.28. The van der Waals surface area contributed by atoms with Crippen molar-refractivity contribution in [2.45, 2.75) is 12.6 Å². The van der Waals surface area contributed by atoms with Crippen LogP contribution in [0, 0.1) is 0 Å². The molecule has 20 heavy (non-hydrogen) atoms. The summed E-state index contributed by atoms with van der Waals surface area (Å²) >= 11 is 0. The van der Waals surface area contributed by atoms with Gasteiger partial charge in [-0.15, -0.1) is 4.28 Å². The smallest absolute Gasteiger partial charge is 0.418 e. The predicted octanol–water partition coefficient (Wildman–Crippen LogP) is -0.564. The van der Waals surface area contributed by atoms with E-state index in [-0.39, 0.29) is 24.5 Å². The summed E-state index contributed by atoms with van der Waals surface area (Å²) in [5.41, 5.74) is 0.474. The average molecular weight is 304 g/mol. The van der Waals surface area contributed by atoms with Crippen molar-refractivity contribution in [2.75, 3.05) is 6.54 Å². The highest BCUT2D eigenvalue weighted by atomic mass is 32.3. The molecule has 3 rings (SSSR count). The topological polar surface area (TPSA) is 142 Å². The lowest BCUT2D eigenvalue weighted by Gasteiger charge is -2.21. The van der Waals surface area contributed by atoms with Crippen molar-refractivity contribution in [3.8, 4) is 0 Å². The highest BCUT2D eigenvalue weighted by molar-refractivity contribution is 7.80. The van der Waals surface area contributed by atoms with E-state index in [4.69, 9.17) is 9.66 Å². The van der Waals surface area contributed by atoms with E-state index in [0.29, 0.717) is 5.06 Å². The van der Waals surface area contributed by atoms with Crippen LogP contribution in [-0.4, -0.2) is 56.3 Å². The second-order valence-corrected chi connectivity index (χ2v) is 5.24. The molecule has 2 bridgehead atoms. The maximum absolute atomic E-state index is 11.9. The van der Waals surface area contributed by atoms with Crippen molar-refractivity contribution in [3.63, 3.8) is 0 Å². The Labute approximate surface area is 111 Å². The Bertz CT molecular complexity index is 710. The Morgan fingerprint density at radius 1 is 1.50 bits per heavy atom. The Balaban J connectivity index is 2.03. The largest absolute Gasteiger partial charge is 0.464 e. The van der Waals surface area contributed by atoms with Crippen molar-refractivity contribution < 1.29 is 31.9 Å². The Morgan fingerprint density at radius 3 is 2.80 bits per heavy atom. The number of nitrogens with zero attached hydrogens (tertiary/aromatic N) is 4. The molecule has 2 N–H and O–H groups in total. The third-order valence-corrected chi connectivity index (χ3v) is 3.42. The Morgan fingerprint density at radius 2 is 2.20 bits per heavy atom. The van der Waals surface area contributed by atoms with E-state index in [0.717, 1.165) is 10.9 Å². The lowest BCUT2D eigenvalue weighted by Crippen LogP contribution is -2.32. The molecule has 12 heteroatoms. The number of rotatable bonds is 2. The van der Waals surface area contributed by atoms with E-state index < -0.39 is 28.6 Å². The summed E-state index contributed by atoms with van der Waals surface area (Å²) in [5.74, 6) is 0. The summed E-state index contributed by atoms with van der Waals surface area (Å²) in [5, 5.41) is 9.45. The minimum absolute atomic E-state index is 0.0394. The van der Waals surface area contributed by atoms with Crippen molar-refractivity contribution in [2.24, 2.45) is 0 Å². The number of fused-ring (bicyclic) bond motifs is 4. The maximum atomic E-state index is 11.9. The fourth-order valence-corrected chi connectivity index (χ4v) is 2.69. The van der Waals surface area contributed by atoms with Gasteiger partial charge in [0.1, 0.15) is 12.4 Å². The number of imidazole rings is 1. The highest BCUT2D eigenvalue weighted by Gasteiger charge is 2.48. The maximum Gasteiger partial charge on any atom is 0.418 e. The molecule has 2 aliphatic rings. The van der Waals surface area contributed by atoms with Crippen molar-refractivity contribution in [1.82, 2.24) is 19.5 Å². The van der Waals surface area contributed by atoms with Crippen LogP contribution >= 0.6 is 0 Å². The minimum Gasteiger partial charge on any atom is -0.464 e. The molecule has 2 aliphatic heterocycles. The number of hydrogen-bond acceptors (Lipinski definition) is 6. The van der Waals surface area contributed by atoms with Crippen LogP contribution in [0.15, 0.2) is 6.33 Å². The van der Waals surface area contributed by atoms with Crippen LogP contribution in [0.25, 0.3) is 0 Å². The van der Waals surface area contributed by atoms with E-state index in [1.54, 1.807) is 0 Å². The lowest BCUT2D eigenvalue weighted by atomic mass is 10.1. The van der Waals surface area contributed by atoms with Crippen LogP contribution in [0.2, 0.25) is 0 Å². The van der Waals surface area contributed by atoms with Gasteiger partial charge in [0.2, 0.25) is 0 Å². The average Bonchev–Trinajstić information content (AvgIpc) is 2.84. The summed E-state index contributed by atoms with van der Waals surface area (Å²) in [7, 11) is -4.86. The molecule has 1 unspecified atom stereocenters. The quantitative estimate of drug-likeness (QED) is 0.692. The molecule has 0 aromatic carbocycles. The fourth-order valence-electron chi connectivity index (χ4n) is 2.32. The van der Waals surface area contributed by atoms with Gasteiger partial charge in [-0.05, 0) is 0 Å². The molecular formula is C8H8N4O7S. The van der Waals surface area contributed by atoms with E-state index in [1.165, 1.54) is 4.90 Å². The van der Waals surface area contributed by atoms with Gasteiger partial charge < -0.3 is 10.0 Å². The van der Waals surface area contributed by atoms with E-state index >= 15 is 0 Å². The number of aromatic nitrogens is 2. The number of urea groups is 1. The summed E-state index contributed by atoms with van der Waals surface area (Å²) in [6, 6.07) is -1.68. The molecule has 1 fully saturated rings. The second-order valence-electron chi connectivity index (χ2n) is 4.24. The first-order valence-corrected chi connectivity index (χ1v) is 6.69. The first kappa shape index (κ1) is 12.8. The van der Waals surface area contributed by atoms with Crippen molar-refractivity contribution in [3.05, 3.63) is 17.7 Å². The Kier molecular flexibility index (Phi) is 2.51. The molecule has 0 radical (unpaired) electrons. The number of carbonyl (C=O) groups is 2. The molecule has 3 heterocycles. The van der Waals surface area contributed by atoms with Gasteiger partial charge in [-0.2, -0.15) is 13.5 Å². The lowest BCUT2D eigenvalue weighted by molar-refractivity contribution is -0.0326. The molecule has 0 saturated carbocycles. The van der Waals surface area contributed by atoms with Crippen LogP contribution in [0.3, 0.4) is 0 Å². The normalized spacial score (nSPS) is 21.2. The van der Waals surface area contributed by atoms with E-state index in [9.17, 15) is 18.0 Å². The zero-order valence-corrected chi connectivity index (χ0v) is 10.5. The number of carboxylic acid groups (broad SMARTS) is 1. The molecule has 108 valence electrons. The van der Waals surface area contributed by atoms with E-state index in [1.807, 2.05) is 0 Å². The van der Waals surface area contributed by atoms with Crippen molar-refractivity contribution in [1.29, 1.82) is 0 Å². The van der Waals surface area contributed by atoms with Gasteiger partial charge in [-0.3, -0.25) is 4.55 Å². The zero-order chi connectivity index (χ0) is 14.7. The SMILES string of the molecule is O=C1N2Cc3c(ncn3C(=O)O)C(C2)N1OS(=O)(=O)O. The van der Waals surface area contributed by atoms with Crippen LogP contribution in [0.1, 0.15) is 17.4 Å². The van der Waals surface area contributed by atoms with Gasteiger partial charge in [0.25, 0.3) is 0 Å². The molecule has 0 spiro atoms. The monoisotopic (exact) mass is 304 g/mol. The minimum atomic E-state index is -4.86. The van der Waals surface area contributed by atoms with Crippen LogP contribution in [-0.2, 0) is 21.2 Å². The van der Waals surface area contributed by atoms with E-state index in [2.05, 4.69) is 9.27 Å². The van der Waals surface area contributed by atoms with Crippen molar-refractivity contribution >= 4 is 22.5 Å². The van der Waals surface area contributed by atoms with Gasteiger partial charge in [-0.1, -0.05) is 0 Å². The standard InChI is InChI=1S/C8H8N4O7S/c13-7-10-1-4-6(9-3-11(4)8(14)15)5(2-10)12(7)19-20(16,17)18/h3,5H,1-2H2,(H,14,15)(H,16,17,18). The number of hydroxylamine groups is 2. The second kappa shape index (κ2) is 3.91. The summed E-state index contributed by atoms with van der Waals surface area (Å²) < 4.78 is 35.2. The van der Waals surface area contributed by atoms with Gasteiger partial charge in [0.15, 0.2) is 0 Å². The highest BCUT2D eigenvalue weighted by Crippen LogP contribution is 2.37.